The Morgan fingerprint density at radius 3 is 2.48 bits per heavy atom. The second-order valence-electron chi connectivity index (χ2n) is 7.77. The predicted octanol–water partition coefficient (Wildman–Crippen LogP) is 4.48. The standard InChI is InChI=1S/C26H26N4O2S/c1-19-25(33-26(28-19)21-12-6-3-7-13-21)22-15-16-24(32)30(29-22)18-17-27-23(31)14-8-11-20-9-4-2-5-10-20/h2-7,9-10,12-13,15-16H,8,11,14,17-18H2,1H3,(H,27,31). The third-order valence-corrected chi connectivity index (χ3v) is 6.50. The number of amides is 1. The van der Waals surface area contributed by atoms with Crippen molar-refractivity contribution in [2.24, 2.45) is 0 Å². The number of nitrogens with one attached hydrogen (secondary N) is 1. The average Bonchev–Trinajstić information content (AvgIpc) is 3.23. The molecule has 0 spiro atoms. The molecule has 0 fully saturated rings. The molecule has 0 saturated carbocycles. The van der Waals surface area contributed by atoms with Crippen LogP contribution in [0.1, 0.15) is 24.1 Å². The SMILES string of the molecule is Cc1nc(-c2ccccc2)sc1-c1ccc(=O)n(CCNC(=O)CCCc2ccccc2)n1. The van der Waals surface area contributed by atoms with Gasteiger partial charge in [-0.15, -0.1) is 11.3 Å². The van der Waals surface area contributed by atoms with Gasteiger partial charge in [0.05, 0.1) is 17.1 Å². The molecule has 0 radical (unpaired) electrons. The van der Waals surface area contributed by atoms with E-state index >= 15 is 0 Å². The van der Waals surface area contributed by atoms with Gasteiger partial charge in [0.2, 0.25) is 5.91 Å². The molecule has 1 amide bonds. The maximum atomic E-state index is 12.3. The highest BCUT2D eigenvalue weighted by molar-refractivity contribution is 7.18. The van der Waals surface area contributed by atoms with Crippen molar-refractivity contribution in [1.82, 2.24) is 20.1 Å². The first-order valence-electron chi connectivity index (χ1n) is 11.0. The molecule has 4 rings (SSSR count). The number of nitrogens with zero attached hydrogens (tertiary/aromatic N) is 3. The Kier molecular flexibility index (Phi) is 7.42. The number of carbonyl (C=O) groups excluding carboxylic acids is 1. The minimum absolute atomic E-state index is 0.0130. The van der Waals surface area contributed by atoms with E-state index in [9.17, 15) is 9.59 Å². The van der Waals surface area contributed by atoms with Crippen LogP contribution in [-0.4, -0.2) is 27.2 Å². The van der Waals surface area contributed by atoms with E-state index in [1.54, 1.807) is 17.4 Å². The topological polar surface area (TPSA) is 76.9 Å². The van der Waals surface area contributed by atoms with Crippen molar-refractivity contribution >= 4 is 17.2 Å². The van der Waals surface area contributed by atoms with Gasteiger partial charge in [-0.25, -0.2) is 9.67 Å². The molecule has 0 unspecified atom stereocenters. The van der Waals surface area contributed by atoms with Crippen LogP contribution in [0.5, 0.6) is 0 Å². The van der Waals surface area contributed by atoms with E-state index in [4.69, 9.17) is 0 Å². The number of hydrogen-bond donors (Lipinski definition) is 1. The monoisotopic (exact) mass is 458 g/mol. The number of hydrogen-bond acceptors (Lipinski definition) is 5. The van der Waals surface area contributed by atoms with Crippen LogP contribution >= 0.6 is 11.3 Å². The van der Waals surface area contributed by atoms with E-state index in [0.29, 0.717) is 25.2 Å². The van der Waals surface area contributed by atoms with E-state index in [0.717, 1.165) is 34.0 Å². The summed E-state index contributed by atoms with van der Waals surface area (Å²) < 4.78 is 1.40. The van der Waals surface area contributed by atoms with Crippen molar-refractivity contribution < 1.29 is 4.79 Å². The summed E-state index contributed by atoms with van der Waals surface area (Å²) in [7, 11) is 0. The highest BCUT2D eigenvalue weighted by atomic mass is 32.1. The first kappa shape index (κ1) is 22.6. The van der Waals surface area contributed by atoms with Gasteiger partial charge in [0.25, 0.3) is 5.56 Å². The first-order chi connectivity index (χ1) is 16.1. The highest BCUT2D eigenvalue weighted by Crippen LogP contribution is 2.33. The average molecular weight is 459 g/mol. The summed E-state index contributed by atoms with van der Waals surface area (Å²) in [6.07, 6.45) is 2.12. The van der Waals surface area contributed by atoms with E-state index in [2.05, 4.69) is 27.5 Å². The van der Waals surface area contributed by atoms with Crippen molar-refractivity contribution in [2.75, 3.05) is 6.54 Å². The molecule has 4 aromatic rings. The van der Waals surface area contributed by atoms with Crippen LogP contribution in [0.25, 0.3) is 21.1 Å². The van der Waals surface area contributed by atoms with Crippen molar-refractivity contribution in [1.29, 1.82) is 0 Å². The van der Waals surface area contributed by atoms with Gasteiger partial charge in [-0.3, -0.25) is 9.59 Å². The van der Waals surface area contributed by atoms with Gasteiger partial charge in [0, 0.05) is 24.6 Å². The zero-order valence-corrected chi connectivity index (χ0v) is 19.3. The van der Waals surface area contributed by atoms with Gasteiger partial charge in [-0.05, 0) is 31.4 Å². The number of thiazole rings is 1. The molecule has 0 aliphatic rings. The smallest absolute Gasteiger partial charge is 0.266 e. The highest BCUT2D eigenvalue weighted by Gasteiger charge is 2.13. The molecular weight excluding hydrogens is 432 g/mol. The van der Waals surface area contributed by atoms with Crippen molar-refractivity contribution in [3.63, 3.8) is 0 Å². The zero-order valence-electron chi connectivity index (χ0n) is 18.5. The number of rotatable bonds is 9. The van der Waals surface area contributed by atoms with Crippen LogP contribution in [0.4, 0.5) is 0 Å². The Hall–Kier alpha value is -3.58. The minimum atomic E-state index is -0.192. The van der Waals surface area contributed by atoms with Gasteiger partial charge < -0.3 is 5.32 Å². The van der Waals surface area contributed by atoms with Crippen LogP contribution in [0.2, 0.25) is 0 Å². The summed E-state index contributed by atoms with van der Waals surface area (Å²) in [6.45, 7) is 2.63. The molecule has 1 N–H and O–H groups in total. The lowest BCUT2D eigenvalue weighted by Gasteiger charge is -2.08. The van der Waals surface area contributed by atoms with E-state index in [-0.39, 0.29) is 11.5 Å². The van der Waals surface area contributed by atoms with Gasteiger partial charge >= 0.3 is 0 Å². The van der Waals surface area contributed by atoms with Crippen LogP contribution in [0, 0.1) is 6.92 Å². The Labute approximate surface area is 197 Å². The maximum Gasteiger partial charge on any atom is 0.266 e. The quantitative estimate of drug-likeness (QED) is 0.401. The number of carbonyl (C=O) groups is 1. The van der Waals surface area contributed by atoms with Crippen LogP contribution in [0.3, 0.4) is 0 Å². The fourth-order valence-electron chi connectivity index (χ4n) is 3.56. The number of aryl methyl sites for hydroxylation is 2. The summed E-state index contributed by atoms with van der Waals surface area (Å²) in [5.41, 5.74) is 3.68. The summed E-state index contributed by atoms with van der Waals surface area (Å²) >= 11 is 1.56. The Morgan fingerprint density at radius 1 is 1.00 bits per heavy atom. The lowest BCUT2D eigenvalue weighted by molar-refractivity contribution is -0.121. The molecule has 168 valence electrons. The molecular formula is C26H26N4O2S. The molecule has 0 bridgehead atoms. The van der Waals surface area contributed by atoms with Crippen molar-refractivity contribution in [3.05, 3.63) is 94.4 Å². The predicted molar refractivity (Wildman–Crippen MR) is 132 cm³/mol. The Balaban J connectivity index is 1.35. The largest absolute Gasteiger partial charge is 0.354 e. The van der Waals surface area contributed by atoms with E-state index in [1.165, 1.54) is 16.3 Å². The van der Waals surface area contributed by atoms with E-state index in [1.807, 2.05) is 55.5 Å². The summed E-state index contributed by atoms with van der Waals surface area (Å²) in [6, 6.07) is 23.4. The zero-order chi connectivity index (χ0) is 23.0. The van der Waals surface area contributed by atoms with Crippen LogP contribution in [0.15, 0.2) is 77.6 Å². The molecule has 2 aromatic carbocycles. The van der Waals surface area contributed by atoms with Gasteiger partial charge in [-0.1, -0.05) is 60.7 Å². The van der Waals surface area contributed by atoms with Gasteiger partial charge in [-0.2, -0.15) is 5.10 Å². The lowest BCUT2D eigenvalue weighted by atomic mass is 10.1. The molecule has 0 atom stereocenters. The molecule has 2 heterocycles. The van der Waals surface area contributed by atoms with Gasteiger partial charge in [0.1, 0.15) is 10.7 Å². The summed E-state index contributed by atoms with van der Waals surface area (Å²) in [5.74, 6) is -0.0130. The summed E-state index contributed by atoms with van der Waals surface area (Å²) in [5, 5.41) is 8.35. The second kappa shape index (κ2) is 10.8. The van der Waals surface area contributed by atoms with Crippen LogP contribution < -0.4 is 10.9 Å². The third-order valence-electron chi connectivity index (χ3n) is 5.27. The third kappa shape index (κ3) is 6.02. The Bertz CT molecular complexity index is 1270. The Morgan fingerprint density at radius 2 is 1.73 bits per heavy atom. The van der Waals surface area contributed by atoms with E-state index < -0.39 is 0 Å². The van der Waals surface area contributed by atoms with Gasteiger partial charge in [0.15, 0.2) is 0 Å². The normalized spacial score (nSPS) is 10.8. The van der Waals surface area contributed by atoms with Crippen molar-refractivity contribution in [3.8, 4) is 21.1 Å². The fraction of sp³-hybridized carbons (Fsp3) is 0.231. The molecule has 6 nitrogen and oxygen atoms in total. The number of benzene rings is 2. The summed E-state index contributed by atoms with van der Waals surface area (Å²) in [4.78, 5) is 30.1. The first-order valence-corrected chi connectivity index (χ1v) is 11.8. The molecule has 33 heavy (non-hydrogen) atoms. The molecule has 7 heteroatoms. The second-order valence-corrected chi connectivity index (χ2v) is 8.77. The molecule has 0 saturated heterocycles. The van der Waals surface area contributed by atoms with Crippen LogP contribution in [-0.2, 0) is 17.8 Å². The molecule has 0 aliphatic heterocycles. The fourth-order valence-corrected chi connectivity index (χ4v) is 4.59. The minimum Gasteiger partial charge on any atom is -0.354 e. The number of aromatic nitrogens is 3. The lowest BCUT2D eigenvalue weighted by Crippen LogP contribution is -2.31. The van der Waals surface area contributed by atoms with Crippen molar-refractivity contribution in [2.45, 2.75) is 32.7 Å². The molecule has 0 aliphatic carbocycles. The molecule has 2 aromatic heterocycles. The maximum absolute atomic E-state index is 12.3.